The van der Waals surface area contributed by atoms with Crippen molar-refractivity contribution in [2.45, 2.75) is 25.9 Å². The Morgan fingerprint density at radius 1 is 1.11 bits per heavy atom. The van der Waals surface area contributed by atoms with Gasteiger partial charge in [0.05, 0.1) is 30.7 Å². The number of alkyl halides is 3. The van der Waals surface area contributed by atoms with Crippen LogP contribution in [0.2, 0.25) is 5.02 Å². The van der Waals surface area contributed by atoms with Gasteiger partial charge in [-0.3, -0.25) is 4.79 Å². The second-order valence-corrected chi connectivity index (χ2v) is 6.60. The molecular weight excluding hydrogens is 385 g/mol. The van der Waals surface area contributed by atoms with E-state index >= 15 is 0 Å². The van der Waals surface area contributed by atoms with Gasteiger partial charge in [-0.05, 0) is 37.1 Å². The van der Waals surface area contributed by atoms with Crippen LogP contribution in [0.15, 0.2) is 41.0 Å². The molecule has 0 bridgehead atoms. The maximum atomic E-state index is 13.3. The van der Waals surface area contributed by atoms with Gasteiger partial charge >= 0.3 is 18.1 Å². The Labute approximate surface area is 159 Å². The molecule has 4 nitrogen and oxygen atoms in total. The van der Waals surface area contributed by atoms with E-state index in [1.54, 1.807) is 19.9 Å². The summed E-state index contributed by atoms with van der Waals surface area (Å²) < 4.78 is 49.5. The van der Waals surface area contributed by atoms with Crippen molar-refractivity contribution in [2.75, 3.05) is 14.2 Å². The molecule has 27 heavy (non-hydrogen) atoms. The number of benzene rings is 1. The quantitative estimate of drug-likeness (QED) is 0.689. The maximum absolute atomic E-state index is 13.3. The average molecular weight is 403 g/mol. The minimum Gasteiger partial charge on any atom is -0.469 e. The number of halogens is 4. The number of esters is 2. The number of rotatable bonds is 3. The zero-order valence-electron chi connectivity index (χ0n) is 15.1. The highest BCUT2D eigenvalue weighted by atomic mass is 35.5. The summed E-state index contributed by atoms with van der Waals surface area (Å²) in [4.78, 5) is 24.8. The van der Waals surface area contributed by atoms with Gasteiger partial charge in [-0.15, -0.1) is 0 Å². The van der Waals surface area contributed by atoms with Crippen molar-refractivity contribution in [1.29, 1.82) is 0 Å². The summed E-state index contributed by atoms with van der Waals surface area (Å²) in [5.74, 6) is -3.34. The average Bonchev–Trinajstić information content (AvgIpc) is 2.59. The van der Waals surface area contributed by atoms with Gasteiger partial charge in [-0.2, -0.15) is 13.2 Å². The van der Waals surface area contributed by atoms with Gasteiger partial charge in [0.1, 0.15) is 0 Å². The number of carbonyl (C=O) groups excluding carboxylic acids is 2. The third kappa shape index (κ3) is 4.03. The fourth-order valence-electron chi connectivity index (χ4n) is 3.34. The number of ether oxygens (including phenoxy) is 2. The lowest BCUT2D eigenvalue weighted by Gasteiger charge is -2.32. The highest BCUT2D eigenvalue weighted by Crippen LogP contribution is 2.45. The molecule has 0 N–H and O–H groups in total. The Hall–Kier alpha value is -2.28. The molecule has 0 fully saturated rings. The molecular formula is C19H18ClF3O4. The fraction of sp³-hybridized carbons (Fsp3) is 0.368. The SMILES string of the molecule is COC(=O)C1=C(C)C=C(C)[C@@H](C(=O)OC)[C@@H]1c1ccc(Cl)c(C(F)(F)F)c1. The van der Waals surface area contributed by atoms with Crippen molar-refractivity contribution in [3.05, 3.63) is 57.1 Å². The molecule has 0 spiro atoms. The van der Waals surface area contributed by atoms with E-state index in [4.69, 9.17) is 21.1 Å². The fourth-order valence-corrected chi connectivity index (χ4v) is 3.57. The van der Waals surface area contributed by atoms with Crippen LogP contribution in [0, 0.1) is 5.92 Å². The third-order valence-electron chi connectivity index (χ3n) is 4.52. The first-order chi connectivity index (χ1) is 12.5. The van der Waals surface area contributed by atoms with E-state index in [0.717, 1.165) is 12.1 Å². The molecule has 146 valence electrons. The zero-order valence-corrected chi connectivity index (χ0v) is 15.9. The Morgan fingerprint density at radius 2 is 1.74 bits per heavy atom. The van der Waals surface area contributed by atoms with Crippen LogP contribution in [0.25, 0.3) is 0 Å². The molecule has 1 aromatic carbocycles. The summed E-state index contributed by atoms with van der Waals surface area (Å²) >= 11 is 5.70. The van der Waals surface area contributed by atoms with Gasteiger partial charge < -0.3 is 9.47 Å². The molecule has 0 saturated carbocycles. The van der Waals surface area contributed by atoms with E-state index in [0.29, 0.717) is 11.1 Å². The van der Waals surface area contributed by atoms with Crippen molar-refractivity contribution in [3.8, 4) is 0 Å². The van der Waals surface area contributed by atoms with Crippen molar-refractivity contribution in [2.24, 2.45) is 5.92 Å². The number of hydrogen-bond acceptors (Lipinski definition) is 4. The van der Waals surface area contributed by atoms with E-state index in [1.165, 1.54) is 20.3 Å². The lowest BCUT2D eigenvalue weighted by molar-refractivity contribution is -0.145. The summed E-state index contributed by atoms with van der Waals surface area (Å²) in [7, 11) is 2.35. The molecule has 0 amide bonds. The Morgan fingerprint density at radius 3 is 2.26 bits per heavy atom. The Balaban J connectivity index is 2.76. The van der Waals surface area contributed by atoms with Crippen LogP contribution in [-0.4, -0.2) is 26.2 Å². The second-order valence-electron chi connectivity index (χ2n) is 6.19. The summed E-state index contributed by atoms with van der Waals surface area (Å²) in [6.45, 7) is 3.30. The van der Waals surface area contributed by atoms with Gasteiger partial charge in [0.25, 0.3) is 0 Å². The Bertz CT molecular complexity index is 840. The van der Waals surface area contributed by atoms with Crippen LogP contribution in [0.1, 0.15) is 30.9 Å². The number of allylic oxidation sites excluding steroid dienone is 2. The van der Waals surface area contributed by atoms with Crippen LogP contribution < -0.4 is 0 Å². The van der Waals surface area contributed by atoms with Gasteiger partial charge in [-0.1, -0.05) is 29.3 Å². The molecule has 0 aromatic heterocycles. The van der Waals surface area contributed by atoms with E-state index in [-0.39, 0.29) is 11.1 Å². The number of methoxy groups -OCH3 is 2. The topological polar surface area (TPSA) is 52.6 Å². The van der Waals surface area contributed by atoms with E-state index in [2.05, 4.69) is 0 Å². The normalized spacial score (nSPS) is 20.2. The first-order valence-corrected chi connectivity index (χ1v) is 8.32. The first kappa shape index (κ1) is 21.0. The van der Waals surface area contributed by atoms with Crippen molar-refractivity contribution in [1.82, 2.24) is 0 Å². The number of carbonyl (C=O) groups is 2. The molecule has 0 unspecified atom stereocenters. The molecule has 8 heteroatoms. The third-order valence-corrected chi connectivity index (χ3v) is 4.85. The monoisotopic (exact) mass is 402 g/mol. The molecule has 1 aliphatic rings. The van der Waals surface area contributed by atoms with Crippen LogP contribution in [-0.2, 0) is 25.2 Å². The highest BCUT2D eigenvalue weighted by molar-refractivity contribution is 6.31. The molecule has 1 aromatic rings. The van der Waals surface area contributed by atoms with Crippen LogP contribution in [0.4, 0.5) is 13.2 Å². The van der Waals surface area contributed by atoms with Gasteiger partial charge in [-0.25, -0.2) is 4.79 Å². The molecule has 0 radical (unpaired) electrons. The second kappa shape index (κ2) is 7.76. The van der Waals surface area contributed by atoms with Crippen LogP contribution >= 0.6 is 11.6 Å². The number of hydrogen-bond donors (Lipinski definition) is 0. The zero-order chi connectivity index (χ0) is 20.5. The summed E-state index contributed by atoms with van der Waals surface area (Å²) in [6.07, 6.45) is -3.05. The van der Waals surface area contributed by atoms with Crippen molar-refractivity contribution in [3.63, 3.8) is 0 Å². The van der Waals surface area contributed by atoms with Crippen LogP contribution in [0.5, 0.6) is 0 Å². The molecule has 1 aliphatic carbocycles. The lowest BCUT2D eigenvalue weighted by atomic mass is 9.71. The molecule has 2 atom stereocenters. The molecule has 2 rings (SSSR count). The predicted octanol–water partition coefficient (Wildman–Crippen LogP) is 4.68. The molecule has 0 heterocycles. The summed E-state index contributed by atoms with van der Waals surface area (Å²) in [6, 6.07) is 3.33. The summed E-state index contributed by atoms with van der Waals surface area (Å²) in [5, 5.41) is -0.468. The minimum atomic E-state index is -4.68. The van der Waals surface area contributed by atoms with E-state index < -0.39 is 40.5 Å². The van der Waals surface area contributed by atoms with Crippen molar-refractivity contribution >= 4 is 23.5 Å². The van der Waals surface area contributed by atoms with Gasteiger partial charge in [0.2, 0.25) is 0 Å². The van der Waals surface area contributed by atoms with E-state index in [9.17, 15) is 22.8 Å². The molecule has 0 aliphatic heterocycles. The Kier molecular flexibility index (Phi) is 6.04. The predicted molar refractivity (Wildman–Crippen MR) is 93.2 cm³/mol. The first-order valence-electron chi connectivity index (χ1n) is 7.94. The maximum Gasteiger partial charge on any atom is 0.417 e. The van der Waals surface area contributed by atoms with Crippen LogP contribution in [0.3, 0.4) is 0 Å². The standard InChI is InChI=1S/C19H18ClF3O4/c1-9-7-10(2)15(18(25)27-4)16(14(9)17(24)26-3)11-5-6-13(20)12(8-11)19(21,22)23/h5-8,14,16H,1-4H3/t14-,16+/m1/s1. The highest BCUT2D eigenvalue weighted by Gasteiger charge is 2.42. The smallest absolute Gasteiger partial charge is 0.417 e. The largest absolute Gasteiger partial charge is 0.469 e. The molecule has 0 saturated heterocycles. The summed E-state index contributed by atoms with van der Waals surface area (Å²) in [5.41, 5.74) is 0.260. The van der Waals surface area contributed by atoms with Gasteiger partial charge in [0.15, 0.2) is 0 Å². The van der Waals surface area contributed by atoms with Gasteiger partial charge in [0, 0.05) is 11.5 Å². The minimum absolute atomic E-state index is 0.106. The van der Waals surface area contributed by atoms with Crippen molar-refractivity contribution < 1.29 is 32.2 Å². The van der Waals surface area contributed by atoms with E-state index in [1.807, 2.05) is 0 Å². The lowest BCUT2D eigenvalue weighted by Crippen LogP contribution is -2.32.